The molecule has 0 N–H and O–H groups in total. The van der Waals surface area contributed by atoms with Gasteiger partial charge in [0.2, 0.25) is 0 Å². The van der Waals surface area contributed by atoms with Crippen LogP contribution in [0.2, 0.25) is 0 Å². The van der Waals surface area contributed by atoms with Crippen molar-refractivity contribution in [2.75, 3.05) is 25.2 Å². The zero-order chi connectivity index (χ0) is 35.8. The van der Waals surface area contributed by atoms with Crippen molar-refractivity contribution in [3.63, 3.8) is 0 Å². The SMILES string of the molecule is CN(Cc1ccccc1-c1cccc(-c2ccccc2)c1OC1CCCCO1)c1ccccc1-c1cccc(-c2ccccc2)c1OC1CCCCO1. The normalized spacial score (nSPS) is 17.2. The average molecular weight is 702 g/mol. The molecule has 5 heteroatoms. The standard InChI is InChI=1S/C48H47NO4/c1-49(44-29-11-10-24-41(44)43-28-17-26-40(36-20-6-3-7-21-36)48(43)53-46-31-13-15-33-51-46)34-37-22-8-9-23-38(37)42-27-16-25-39(35-18-4-2-5-19-35)47(42)52-45-30-12-14-32-50-45/h2-11,16-29,45-46H,12-15,30-34H2,1H3. The fourth-order valence-corrected chi connectivity index (χ4v) is 7.61. The molecule has 268 valence electrons. The zero-order valence-corrected chi connectivity index (χ0v) is 30.5. The second-order valence-corrected chi connectivity index (χ2v) is 14.0. The minimum Gasteiger partial charge on any atom is -0.464 e. The van der Waals surface area contributed by atoms with E-state index in [2.05, 4.69) is 158 Å². The summed E-state index contributed by atoms with van der Waals surface area (Å²) in [4.78, 5) is 2.34. The van der Waals surface area contributed by atoms with Gasteiger partial charge in [0, 0.05) is 59.9 Å². The van der Waals surface area contributed by atoms with E-state index in [4.69, 9.17) is 18.9 Å². The number of para-hydroxylation sites is 3. The highest BCUT2D eigenvalue weighted by molar-refractivity contribution is 5.89. The van der Waals surface area contributed by atoms with Gasteiger partial charge < -0.3 is 23.8 Å². The summed E-state index contributed by atoms with van der Waals surface area (Å²) in [5, 5.41) is 0. The van der Waals surface area contributed by atoms with Crippen LogP contribution in [0.5, 0.6) is 11.5 Å². The summed E-state index contributed by atoms with van der Waals surface area (Å²) in [6.07, 6.45) is 5.56. The van der Waals surface area contributed by atoms with Crippen molar-refractivity contribution in [1.29, 1.82) is 0 Å². The molecule has 5 nitrogen and oxygen atoms in total. The maximum Gasteiger partial charge on any atom is 0.199 e. The van der Waals surface area contributed by atoms with Gasteiger partial charge >= 0.3 is 0 Å². The summed E-state index contributed by atoms with van der Waals surface area (Å²) in [5.41, 5.74) is 11.1. The van der Waals surface area contributed by atoms with Crippen LogP contribution in [0.1, 0.15) is 44.1 Å². The number of nitrogens with zero attached hydrogens (tertiary/aromatic N) is 1. The molecule has 0 aromatic heterocycles. The number of hydrogen-bond donors (Lipinski definition) is 0. The van der Waals surface area contributed by atoms with Gasteiger partial charge in [0.1, 0.15) is 11.5 Å². The summed E-state index contributed by atoms with van der Waals surface area (Å²) in [6.45, 7) is 2.13. The summed E-state index contributed by atoms with van der Waals surface area (Å²) < 4.78 is 25.9. The van der Waals surface area contributed by atoms with Crippen LogP contribution in [0.15, 0.2) is 146 Å². The lowest BCUT2D eigenvalue weighted by atomic mass is 9.93. The van der Waals surface area contributed by atoms with Gasteiger partial charge in [-0.05, 0) is 54.0 Å². The molecule has 2 aliphatic rings. The van der Waals surface area contributed by atoms with E-state index in [0.717, 1.165) is 113 Å². The Morgan fingerprint density at radius 1 is 0.472 bits per heavy atom. The van der Waals surface area contributed by atoms with Crippen LogP contribution in [-0.2, 0) is 16.0 Å². The van der Waals surface area contributed by atoms with Crippen molar-refractivity contribution in [2.24, 2.45) is 0 Å². The highest BCUT2D eigenvalue weighted by Crippen LogP contribution is 2.45. The third-order valence-electron chi connectivity index (χ3n) is 10.3. The Morgan fingerprint density at radius 2 is 0.925 bits per heavy atom. The second kappa shape index (κ2) is 16.5. The average Bonchev–Trinajstić information content (AvgIpc) is 3.23. The first-order valence-corrected chi connectivity index (χ1v) is 19.0. The van der Waals surface area contributed by atoms with E-state index < -0.39 is 0 Å². The Morgan fingerprint density at radius 3 is 1.47 bits per heavy atom. The molecule has 2 unspecified atom stereocenters. The molecule has 0 spiro atoms. The van der Waals surface area contributed by atoms with Crippen molar-refractivity contribution in [3.05, 3.63) is 151 Å². The molecule has 0 bridgehead atoms. The summed E-state index contributed by atoms with van der Waals surface area (Å²) in [6, 6.07) is 51.3. The van der Waals surface area contributed by atoms with E-state index in [9.17, 15) is 0 Å². The Bertz CT molecular complexity index is 2100. The first-order chi connectivity index (χ1) is 26.2. The molecule has 0 amide bonds. The van der Waals surface area contributed by atoms with Crippen LogP contribution in [0.25, 0.3) is 44.5 Å². The molecule has 6 aromatic rings. The van der Waals surface area contributed by atoms with E-state index in [0.29, 0.717) is 6.54 Å². The van der Waals surface area contributed by atoms with Gasteiger partial charge in [-0.25, -0.2) is 0 Å². The first-order valence-electron chi connectivity index (χ1n) is 19.0. The highest BCUT2D eigenvalue weighted by atomic mass is 16.7. The van der Waals surface area contributed by atoms with Crippen molar-refractivity contribution in [3.8, 4) is 56.0 Å². The molecule has 0 radical (unpaired) electrons. The van der Waals surface area contributed by atoms with Crippen LogP contribution in [0.4, 0.5) is 5.69 Å². The molecule has 2 aliphatic heterocycles. The lowest BCUT2D eigenvalue weighted by Crippen LogP contribution is -2.25. The van der Waals surface area contributed by atoms with Gasteiger partial charge in [0.25, 0.3) is 0 Å². The van der Waals surface area contributed by atoms with E-state index in [1.807, 2.05) is 0 Å². The Labute approximate surface area is 313 Å². The maximum atomic E-state index is 6.81. The number of anilines is 1. The van der Waals surface area contributed by atoms with E-state index >= 15 is 0 Å². The van der Waals surface area contributed by atoms with Crippen molar-refractivity contribution in [1.82, 2.24) is 0 Å². The smallest absolute Gasteiger partial charge is 0.199 e. The first kappa shape index (κ1) is 34.7. The van der Waals surface area contributed by atoms with E-state index in [-0.39, 0.29) is 12.6 Å². The van der Waals surface area contributed by atoms with Gasteiger partial charge in [-0.1, -0.05) is 140 Å². The second-order valence-electron chi connectivity index (χ2n) is 14.0. The molecule has 2 fully saturated rings. The monoisotopic (exact) mass is 701 g/mol. The molecular weight excluding hydrogens is 655 g/mol. The molecule has 0 saturated carbocycles. The molecule has 2 saturated heterocycles. The minimum absolute atomic E-state index is 0.267. The van der Waals surface area contributed by atoms with Crippen LogP contribution in [-0.4, -0.2) is 32.8 Å². The van der Waals surface area contributed by atoms with Crippen LogP contribution >= 0.6 is 0 Å². The fraction of sp³-hybridized carbons (Fsp3) is 0.250. The van der Waals surface area contributed by atoms with Gasteiger partial charge in [-0.2, -0.15) is 0 Å². The predicted molar refractivity (Wildman–Crippen MR) is 215 cm³/mol. The number of benzene rings is 6. The number of ether oxygens (including phenoxy) is 4. The Balaban J connectivity index is 1.17. The molecule has 53 heavy (non-hydrogen) atoms. The van der Waals surface area contributed by atoms with E-state index in [1.165, 1.54) is 5.56 Å². The lowest BCUT2D eigenvalue weighted by Gasteiger charge is -2.29. The largest absolute Gasteiger partial charge is 0.464 e. The van der Waals surface area contributed by atoms with E-state index in [1.54, 1.807) is 0 Å². The molecule has 8 rings (SSSR count). The van der Waals surface area contributed by atoms with Gasteiger partial charge in [-0.3, -0.25) is 0 Å². The highest BCUT2D eigenvalue weighted by Gasteiger charge is 2.25. The minimum atomic E-state index is -0.272. The van der Waals surface area contributed by atoms with Crippen LogP contribution < -0.4 is 14.4 Å². The van der Waals surface area contributed by atoms with Crippen LogP contribution in [0.3, 0.4) is 0 Å². The lowest BCUT2D eigenvalue weighted by molar-refractivity contribution is -0.105. The van der Waals surface area contributed by atoms with Crippen molar-refractivity contribution in [2.45, 2.75) is 57.6 Å². The predicted octanol–water partition coefficient (Wildman–Crippen LogP) is 11.8. The summed E-state index contributed by atoms with van der Waals surface area (Å²) in [7, 11) is 2.18. The third-order valence-corrected chi connectivity index (χ3v) is 10.3. The molecule has 6 aromatic carbocycles. The van der Waals surface area contributed by atoms with Crippen LogP contribution in [0, 0.1) is 0 Å². The maximum absolute atomic E-state index is 6.81. The van der Waals surface area contributed by atoms with Gasteiger partial charge in [0.05, 0.1) is 13.2 Å². The van der Waals surface area contributed by atoms with Crippen molar-refractivity contribution >= 4 is 5.69 Å². The Kier molecular flexibility index (Phi) is 10.8. The number of rotatable bonds is 11. The summed E-state index contributed by atoms with van der Waals surface area (Å²) >= 11 is 0. The third kappa shape index (κ3) is 7.87. The van der Waals surface area contributed by atoms with Crippen molar-refractivity contribution < 1.29 is 18.9 Å². The molecule has 2 atom stereocenters. The molecule has 0 aliphatic carbocycles. The zero-order valence-electron chi connectivity index (χ0n) is 30.5. The fourth-order valence-electron chi connectivity index (χ4n) is 7.61. The number of hydrogen-bond acceptors (Lipinski definition) is 5. The van der Waals surface area contributed by atoms with Gasteiger partial charge in [0.15, 0.2) is 12.6 Å². The summed E-state index contributed by atoms with van der Waals surface area (Å²) in [5.74, 6) is 1.72. The quantitative estimate of drug-likeness (QED) is 0.134. The Hall–Kier alpha value is -5.36. The molecule has 2 heterocycles. The molecular formula is C48H47NO4. The topological polar surface area (TPSA) is 40.2 Å². The van der Waals surface area contributed by atoms with Gasteiger partial charge in [-0.15, -0.1) is 0 Å².